The Morgan fingerprint density at radius 3 is 2.63 bits per heavy atom. The van der Waals surface area contributed by atoms with Crippen molar-refractivity contribution in [1.82, 2.24) is 10.2 Å². The summed E-state index contributed by atoms with van der Waals surface area (Å²) in [6, 6.07) is 12.2. The van der Waals surface area contributed by atoms with Crippen LogP contribution in [0.1, 0.15) is 40.7 Å². The molecule has 0 aromatic heterocycles. The summed E-state index contributed by atoms with van der Waals surface area (Å²) >= 11 is 3.22. The predicted molar refractivity (Wildman–Crippen MR) is 106 cm³/mol. The van der Waals surface area contributed by atoms with Gasteiger partial charge in [-0.25, -0.2) is 4.39 Å². The highest BCUT2D eigenvalue weighted by atomic mass is 79.9. The molecule has 2 aromatic rings. The molecule has 3 rings (SSSR count). The Kier molecular flexibility index (Phi) is 6.61. The van der Waals surface area contributed by atoms with Gasteiger partial charge in [-0.15, -0.1) is 0 Å². The fourth-order valence-electron chi connectivity index (χ4n) is 3.18. The van der Waals surface area contributed by atoms with E-state index in [0.29, 0.717) is 28.6 Å². The van der Waals surface area contributed by atoms with Gasteiger partial charge in [-0.1, -0.05) is 34.1 Å². The molecule has 4 nitrogen and oxygen atoms in total. The number of nitrogens with one attached hydrogen (secondary N) is 1. The molecule has 2 aromatic carbocycles. The van der Waals surface area contributed by atoms with Gasteiger partial charge in [0.05, 0.1) is 0 Å². The van der Waals surface area contributed by atoms with Gasteiger partial charge in [0, 0.05) is 36.1 Å². The van der Waals surface area contributed by atoms with E-state index in [2.05, 4.69) is 21.2 Å². The zero-order valence-corrected chi connectivity index (χ0v) is 16.6. The molecule has 0 unspecified atom stereocenters. The Hall–Kier alpha value is -2.21. The number of aryl methyl sites for hydroxylation is 1. The first-order valence-corrected chi connectivity index (χ1v) is 9.91. The molecule has 142 valence electrons. The number of halogens is 2. The molecule has 1 N–H and O–H groups in total. The smallest absolute Gasteiger partial charge is 0.253 e. The monoisotopic (exact) mass is 432 g/mol. The van der Waals surface area contributed by atoms with Gasteiger partial charge in [0.1, 0.15) is 5.82 Å². The van der Waals surface area contributed by atoms with Crippen LogP contribution in [0.4, 0.5) is 4.39 Å². The second kappa shape index (κ2) is 9.13. The molecule has 0 atom stereocenters. The van der Waals surface area contributed by atoms with Crippen molar-refractivity contribution in [2.75, 3.05) is 13.1 Å². The van der Waals surface area contributed by atoms with Crippen LogP contribution in [-0.4, -0.2) is 29.8 Å². The second-order valence-corrected chi connectivity index (χ2v) is 7.63. The third-order valence-corrected chi connectivity index (χ3v) is 5.19. The van der Waals surface area contributed by atoms with E-state index in [-0.39, 0.29) is 24.1 Å². The third kappa shape index (κ3) is 5.39. The van der Waals surface area contributed by atoms with Crippen molar-refractivity contribution in [2.45, 2.75) is 32.2 Å². The Labute approximate surface area is 166 Å². The number of amides is 2. The molecule has 27 heavy (non-hydrogen) atoms. The lowest BCUT2D eigenvalue weighted by Gasteiger charge is -2.15. The van der Waals surface area contributed by atoms with E-state index >= 15 is 0 Å². The number of carbonyl (C=O) groups excluding carboxylic acids is 2. The van der Waals surface area contributed by atoms with Crippen molar-refractivity contribution in [3.05, 3.63) is 69.4 Å². The molecule has 0 aliphatic carbocycles. The maximum absolute atomic E-state index is 13.8. The first-order chi connectivity index (χ1) is 13.0. The minimum Gasteiger partial charge on any atom is -0.352 e. The number of hydrogen-bond donors (Lipinski definition) is 1. The fourth-order valence-corrected chi connectivity index (χ4v) is 3.51. The van der Waals surface area contributed by atoms with Crippen LogP contribution in [0.5, 0.6) is 0 Å². The van der Waals surface area contributed by atoms with Crippen LogP contribution < -0.4 is 5.32 Å². The van der Waals surface area contributed by atoms with Crippen molar-refractivity contribution in [3.8, 4) is 0 Å². The zero-order chi connectivity index (χ0) is 19.2. The number of benzene rings is 2. The molecule has 1 heterocycles. The molecular formula is C21H22BrFN2O2. The molecular weight excluding hydrogens is 411 g/mol. The van der Waals surface area contributed by atoms with Crippen molar-refractivity contribution < 1.29 is 14.0 Å². The Bertz CT molecular complexity index is 835. The summed E-state index contributed by atoms with van der Waals surface area (Å²) in [7, 11) is 0. The van der Waals surface area contributed by atoms with Gasteiger partial charge in [-0.2, -0.15) is 0 Å². The normalized spacial score (nSPS) is 13.6. The van der Waals surface area contributed by atoms with Crippen LogP contribution in [0.25, 0.3) is 0 Å². The summed E-state index contributed by atoms with van der Waals surface area (Å²) in [5.74, 6) is -0.412. The zero-order valence-electron chi connectivity index (χ0n) is 15.0. The molecule has 0 radical (unpaired) electrons. The Morgan fingerprint density at radius 2 is 1.89 bits per heavy atom. The second-order valence-electron chi connectivity index (χ2n) is 6.71. The topological polar surface area (TPSA) is 49.4 Å². The lowest BCUT2D eigenvalue weighted by Crippen LogP contribution is -2.28. The van der Waals surface area contributed by atoms with Gasteiger partial charge in [-0.3, -0.25) is 9.59 Å². The third-order valence-electron chi connectivity index (χ3n) is 4.69. The molecule has 0 saturated carbocycles. The van der Waals surface area contributed by atoms with Crippen LogP contribution in [-0.2, 0) is 17.8 Å². The highest BCUT2D eigenvalue weighted by molar-refractivity contribution is 9.10. The number of hydrogen-bond acceptors (Lipinski definition) is 2. The predicted octanol–water partition coefficient (Wildman–Crippen LogP) is 4.07. The first kappa shape index (κ1) is 19.5. The van der Waals surface area contributed by atoms with Gasteiger partial charge in [-0.05, 0) is 54.7 Å². The summed E-state index contributed by atoms with van der Waals surface area (Å²) < 4.78 is 14.5. The van der Waals surface area contributed by atoms with Gasteiger partial charge in [0.15, 0.2) is 0 Å². The summed E-state index contributed by atoms with van der Waals surface area (Å²) in [6.45, 7) is 1.97. The molecule has 6 heteroatoms. The van der Waals surface area contributed by atoms with Gasteiger partial charge < -0.3 is 10.2 Å². The number of carbonyl (C=O) groups is 2. The summed E-state index contributed by atoms with van der Waals surface area (Å²) in [5, 5.41) is 2.84. The lowest BCUT2D eigenvalue weighted by atomic mass is 10.1. The van der Waals surface area contributed by atoms with Gasteiger partial charge >= 0.3 is 0 Å². The van der Waals surface area contributed by atoms with E-state index < -0.39 is 0 Å². The average Bonchev–Trinajstić information content (AvgIpc) is 3.20. The number of likely N-dealkylation sites (tertiary alicyclic amines) is 1. The molecule has 1 aliphatic rings. The van der Waals surface area contributed by atoms with Crippen LogP contribution in [0, 0.1) is 5.82 Å². The van der Waals surface area contributed by atoms with Crippen LogP contribution in [0.3, 0.4) is 0 Å². The highest BCUT2D eigenvalue weighted by Gasteiger charge is 2.19. The molecule has 1 aliphatic heterocycles. The minimum atomic E-state index is -0.315. The number of nitrogens with zero attached hydrogens (tertiary/aromatic N) is 1. The standard InChI is InChI=1S/C21H22BrFN2O2/c22-18-8-6-16(19(23)13-18)7-9-20(26)24-14-15-4-3-5-17(12-15)21(27)25-10-1-2-11-25/h3-6,8,12-13H,1-2,7,9-11,14H2,(H,24,26). The van der Waals surface area contributed by atoms with Crippen LogP contribution in [0.15, 0.2) is 46.9 Å². The van der Waals surface area contributed by atoms with Gasteiger partial charge in [0.2, 0.25) is 5.91 Å². The Balaban J connectivity index is 1.51. The van der Waals surface area contributed by atoms with E-state index in [1.807, 2.05) is 29.2 Å². The largest absolute Gasteiger partial charge is 0.352 e. The van der Waals surface area contributed by atoms with E-state index in [1.165, 1.54) is 6.07 Å². The summed E-state index contributed by atoms with van der Waals surface area (Å²) in [4.78, 5) is 26.4. The first-order valence-electron chi connectivity index (χ1n) is 9.12. The van der Waals surface area contributed by atoms with Crippen molar-refractivity contribution in [3.63, 3.8) is 0 Å². The van der Waals surface area contributed by atoms with Crippen molar-refractivity contribution in [2.24, 2.45) is 0 Å². The van der Waals surface area contributed by atoms with E-state index in [0.717, 1.165) is 31.5 Å². The highest BCUT2D eigenvalue weighted by Crippen LogP contribution is 2.17. The van der Waals surface area contributed by atoms with Crippen molar-refractivity contribution >= 4 is 27.7 Å². The van der Waals surface area contributed by atoms with Gasteiger partial charge in [0.25, 0.3) is 5.91 Å². The van der Waals surface area contributed by atoms with Crippen molar-refractivity contribution in [1.29, 1.82) is 0 Å². The average molecular weight is 433 g/mol. The molecule has 1 fully saturated rings. The van der Waals surface area contributed by atoms with E-state index in [1.54, 1.807) is 12.1 Å². The minimum absolute atomic E-state index is 0.0476. The fraction of sp³-hybridized carbons (Fsp3) is 0.333. The SMILES string of the molecule is O=C(CCc1ccc(Br)cc1F)NCc1cccc(C(=O)N2CCCC2)c1. The van der Waals surface area contributed by atoms with Crippen LogP contribution >= 0.6 is 15.9 Å². The molecule has 0 bridgehead atoms. The lowest BCUT2D eigenvalue weighted by molar-refractivity contribution is -0.121. The van der Waals surface area contributed by atoms with Crippen LogP contribution in [0.2, 0.25) is 0 Å². The quantitative estimate of drug-likeness (QED) is 0.747. The van der Waals surface area contributed by atoms with E-state index in [9.17, 15) is 14.0 Å². The summed E-state index contributed by atoms with van der Waals surface area (Å²) in [6.07, 6.45) is 2.67. The maximum atomic E-state index is 13.8. The molecule has 0 spiro atoms. The molecule has 1 saturated heterocycles. The van der Waals surface area contributed by atoms with E-state index in [4.69, 9.17) is 0 Å². The Morgan fingerprint density at radius 1 is 1.11 bits per heavy atom. The molecule has 2 amide bonds. The summed E-state index contributed by atoms with van der Waals surface area (Å²) in [5.41, 5.74) is 2.05. The maximum Gasteiger partial charge on any atom is 0.253 e. The number of rotatable bonds is 6.